The quantitative estimate of drug-likeness (QED) is 0.202. The maximum atomic E-state index is 8.63. The molecule has 41 heavy (non-hydrogen) atoms. The molecule has 3 aromatic rings. The fraction of sp³-hybridized carbons (Fsp3) is 0.389. The molecule has 0 atom stereocenters. The van der Waals surface area contributed by atoms with Gasteiger partial charge < -0.3 is 43.5 Å². The van der Waals surface area contributed by atoms with Crippen LogP contribution in [0.3, 0.4) is 0 Å². The largest absolute Gasteiger partial charge is 0.508 e. The Morgan fingerprint density at radius 2 is 0.439 bits per heavy atom. The second-order valence-electron chi connectivity index (χ2n) is 4.01. The second-order valence-corrected chi connectivity index (χ2v) is 4.01. The monoisotopic (exact) mass is 732 g/mol. The molecule has 3 aromatic carbocycles. The minimum Gasteiger partial charge on any atom is -0.508 e. The summed E-state index contributed by atoms with van der Waals surface area (Å²) >= 11 is 0. The fourth-order valence-corrected chi connectivity index (χ4v) is 1.28. The molecular formula is C36H74O3Y2-4. The molecular weight excluding hydrogens is 658 g/mol. The summed E-state index contributed by atoms with van der Waals surface area (Å²) in [5.41, 5.74) is 0. The predicted octanol–water partition coefficient (Wildman–Crippen LogP) is 13.4. The van der Waals surface area contributed by atoms with E-state index in [0.29, 0.717) is 17.2 Å². The predicted molar refractivity (Wildman–Crippen MR) is 192 cm³/mol. The van der Waals surface area contributed by atoms with E-state index < -0.39 is 0 Å². The minimum atomic E-state index is 0. The first-order valence-electron chi connectivity index (χ1n) is 11.5. The number of phenolic OH excluding ortho intramolecular Hbond substituents is 3. The van der Waals surface area contributed by atoms with Gasteiger partial charge in [-0.3, -0.25) is 0 Å². The van der Waals surface area contributed by atoms with Crippen LogP contribution in [0.15, 0.2) is 91.0 Å². The normalized spacial score (nSPS) is 5.27. The van der Waals surface area contributed by atoms with Gasteiger partial charge in [-0.15, -0.1) is 0 Å². The summed E-state index contributed by atoms with van der Waals surface area (Å²) in [6, 6.07) is 26.1. The van der Waals surface area contributed by atoms with Crippen molar-refractivity contribution in [2.45, 2.75) is 99.4 Å². The Bertz CT molecular complexity index is 506. The molecule has 0 aromatic heterocycles. The van der Waals surface area contributed by atoms with Crippen LogP contribution < -0.4 is 0 Å². The van der Waals surface area contributed by atoms with E-state index in [-0.39, 0.29) is 110 Å². The number of aromatic hydroxyl groups is 3. The van der Waals surface area contributed by atoms with Gasteiger partial charge in [-0.05, 0) is 36.4 Å². The SMILES string of the molecule is C.C.C.C.C.CC.CC.CC.Oc1ccccc1.Oc1ccccc1.Oc1ccccc1.[CH2-]C.[CH2-]C.[CH2-]C.[CH3-].[Y].[Y]. The molecule has 2 radical (unpaired) electrons. The summed E-state index contributed by atoms with van der Waals surface area (Å²) in [7, 11) is 0. The Kier molecular flexibility index (Phi) is 233. The molecule has 3 nitrogen and oxygen atoms in total. The van der Waals surface area contributed by atoms with Crippen LogP contribution in [-0.2, 0) is 65.4 Å². The summed E-state index contributed by atoms with van der Waals surface area (Å²) < 4.78 is 0. The first kappa shape index (κ1) is 90.0. The number of rotatable bonds is 0. The zero-order chi connectivity index (χ0) is 27.3. The van der Waals surface area contributed by atoms with E-state index in [1.807, 2.05) is 59.7 Å². The van der Waals surface area contributed by atoms with E-state index in [4.69, 9.17) is 15.3 Å². The van der Waals surface area contributed by atoms with Crippen molar-refractivity contribution in [1.29, 1.82) is 0 Å². The Morgan fingerprint density at radius 3 is 0.488 bits per heavy atom. The average molecular weight is 733 g/mol. The average Bonchev–Trinajstić information content (AvgIpc) is 2.93. The van der Waals surface area contributed by atoms with E-state index in [1.54, 1.807) is 93.6 Å². The van der Waals surface area contributed by atoms with Crippen molar-refractivity contribution in [3.8, 4) is 17.2 Å². The van der Waals surface area contributed by atoms with Crippen LogP contribution in [0.25, 0.3) is 0 Å². The van der Waals surface area contributed by atoms with Crippen LogP contribution in [0.2, 0.25) is 0 Å². The number of hydrogen-bond donors (Lipinski definition) is 3. The molecule has 5 heteroatoms. The topological polar surface area (TPSA) is 60.7 Å². The Morgan fingerprint density at radius 1 is 0.341 bits per heavy atom. The number of para-hydroxylation sites is 3. The van der Waals surface area contributed by atoms with E-state index >= 15 is 0 Å². The van der Waals surface area contributed by atoms with Gasteiger partial charge >= 0.3 is 0 Å². The van der Waals surface area contributed by atoms with Gasteiger partial charge in [-0.1, -0.05) is 133 Å². The summed E-state index contributed by atoms with van der Waals surface area (Å²) in [5.74, 6) is 0.965. The third kappa shape index (κ3) is 101. The third-order valence-electron chi connectivity index (χ3n) is 2.27. The molecule has 3 N–H and O–H groups in total. The number of benzene rings is 3. The molecule has 0 aliphatic carbocycles. The molecule has 0 aliphatic rings. The van der Waals surface area contributed by atoms with E-state index in [9.17, 15) is 0 Å². The molecule has 3 rings (SSSR count). The summed E-state index contributed by atoms with van der Waals surface area (Å²) in [4.78, 5) is 0. The van der Waals surface area contributed by atoms with Crippen LogP contribution in [0.1, 0.15) is 99.4 Å². The number of phenols is 3. The van der Waals surface area contributed by atoms with Crippen molar-refractivity contribution < 1.29 is 80.7 Å². The van der Waals surface area contributed by atoms with Gasteiger partial charge in [0.05, 0.1) is 0 Å². The zero-order valence-electron chi connectivity index (χ0n) is 24.8. The van der Waals surface area contributed by atoms with Gasteiger partial charge in [0.1, 0.15) is 17.2 Å². The van der Waals surface area contributed by atoms with Crippen LogP contribution in [-0.4, -0.2) is 15.3 Å². The maximum absolute atomic E-state index is 8.63. The minimum absolute atomic E-state index is 0. The smallest absolute Gasteiger partial charge is 0.115 e. The van der Waals surface area contributed by atoms with Gasteiger partial charge in [-0.25, -0.2) is 0 Å². The molecule has 0 amide bonds. The van der Waals surface area contributed by atoms with Gasteiger partial charge in [-0.2, -0.15) is 20.8 Å². The van der Waals surface area contributed by atoms with Crippen molar-refractivity contribution in [1.82, 2.24) is 0 Å². The van der Waals surface area contributed by atoms with Gasteiger partial charge in [0.2, 0.25) is 0 Å². The van der Waals surface area contributed by atoms with Crippen LogP contribution in [0.4, 0.5) is 0 Å². The first-order chi connectivity index (χ1) is 16.2. The van der Waals surface area contributed by atoms with Crippen molar-refractivity contribution >= 4 is 0 Å². The molecule has 0 fully saturated rings. The molecule has 0 heterocycles. The molecule has 0 bridgehead atoms. The van der Waals surface area contributed by atoms with Gasteiger partial charge in [0.25, 0.3) is 0 Å². The van der Waals surface area contributed by atoms with E-state index in [2.05, 4.69) is 20.8 Å². The molecule has 0 spiro atoms. The van der Waals surface area contributed by atoms with Gasteiger partial charge in [0, 0.05) is 65.4 Å². The molecule has 0 saturated carbocycles. The van der Waals surface area contributed by atoms with E-state index in [1.165, 1.54) is 0 Å². The van der Waals surface area contributed by atoms with Crippen molar-refractivity contribution in [3.63, 3.8) is 0 Å². The molecule has 0 aliphatic heterocycles. The fourth-order valence-electron chi connectivity index (χ4n) is 1.28. The summed E-state index contributed by atoms with van der Waals surface area (Å²) in [6.45, 7) is 27.0. The summed E-state index contributed by atoms with van der Waals surface area (Å²) in [5, 5.41) is 25.9. The zero-order valence-corrected chi connectivity index (χ0v) is 30.5. The van der Waals surface area contributed by atoms with Crippen molar-refractivity contribution in [2.75, 3.05) is 0 Å². The van der Waals surface area contributed by atoms with Crippen molar-refractivity contribution in [2.24, 2.45) is 0 Å². The Balaban J connectivity index is -0.0000000174. The van der Waals surface area contributed by atoms with Crippen LogP contribution in [0, 0.1) is 28.2 Å². The molecule has 0 unspecified atom stereocenters. The maximum Gasteiger partial charge on any atom is 0.115 e. The molecule has 0 saturated heterocycles. The second kappa shape index (κ2) is 106. The Hall–Kier alpha value is -0.732. The van der Waals surface area contributed by atoms with Crippen LogP contribution >= 0.6 is 0 Å². The summed E-state index contributed by atoms with van der Waals surface area (Å²) in [6.07, 6.45) is 0. The van der Waals surface area contributed by atoms with Crippen molar-refractivity contribution in [3.05, 3.63) is 119 Å². The van der Waals surface area contributed by atoms with Crippen LogP contribution in [0.5, 0.6) is 17.2 Å². The first-order valence-corrected chi connectivity index (χ1v) is 11.5. The number of hydrogen-bond acceptors (Lipinski definition) is 3. The standard InChI is InChI=1S/3C6H6O.3C2H6.3C2H5.5CH4.CH3.2Y/c3*7-6-4-2-1-3-5-6;6*1-2;;;;;;;;/h3*1-5,7H;3*1-2H3;3*1H2,2H3;5*1H4;1H3;;/q;;;;;;3*-1;;;;;;-1;;. The van der Waals surface area contributed by atoms with E-state index in [0.717, 1.165) is 0 Å². The van der Waals surface area contributed by atoms with Gasteiger partial charge in [0.15, 0.2) is 0 Å². The Labute approximate surface area is 313 Å². The third-order valence-corrected chi connectivity index (χ3v) is 2.27. The molecule has 246 valence electrons.